The van der Waals surface area contributed by atoms with Crippen LogP contribution in [0.3, 0.4) is 0 Å². The molecular weight excluding hydrogens is 403 g/mol. The summed E-state index contributed by atoms with van der Waals surface area (Å²) in [6, 6.07) is 0. The van der Waals surface area contributed by atoms with Gasteiger partial charge in [-0.2, -0.15) is 0 Å². The van der Waals surface area contributed by atoms with Crippen LogP contribution in [0.15, 0.2) is 4.99 Å². The Hall–Kier alpha value is -0.0800. The second-order valence-electron chi connectivity index (χ2n) is 7.16. The van der Waals surface area contributed by atoms with Gasteiger partial charge in [0.1, 0.15) is 0 Å². The molecule has 0 aromatic heterocycles. The van der Waals surface area contributed by atoms with E-state index in [-0.39, 0.29) is 24.0 Å². The number of hydrogen-bond donors (Lipinski definition) is 2. The van der Waals surface area contributed by atoms with Crippen molar-refractivity contribution in [3.63, 3.8) is 0 Å². The maximum absolute atomic E-state index is 5.37. The monoisotopic (exact) mass is 440 g/mol. The minimum atomic E-state index is 0. The van der Waals surface area contributed by atoms with Crippen LogP contribution in [-0.4, -0.2) is 63.3 Å². The first-order valence-electron chi connectivity index (χ1n) is 8.83. The second-order valence-corrected chi connectivity index (χ2v) is 7.16. The minimum Gasteiger partial charge on any atom is -0.379 e. The smallest absolute Gasteiger partial charge is 0.191 e. The summed E-state index contributed by atoms with van der Waals surface area (Å²) in [7, 11) is 0. The Balaban J connectivity index is 0.00000484. The lowest BCUT2D eigenvalue weighted by molar-refractivity contribution is 0.0377. The summed E-state index contributed by atoms with van der Waals surface area (Å²) < 4.78 is 5.37. The third-order valence-electron chi connectivity index (χ3n) is 3.75. The number of rotatable bonds is 8. The van der Waals surface area contributed by atoms with Crippen molar-refractivity contribution in [3.8, 4) is 0 Å². The van der Waals surface area contributed by atoms with Crippen LogP contribution in [0.5, 0.6) is 0 Å². The topological polar surface area (TPSA) is 48.9 Å². The van der Waals surface area contributed by atoms with Gasteiger partial charge in [0.25, 0.3) is 0 Å². The molecule has 1 aliphatic rings. The number of morpholine rings is 1. The molecular formula is C17H37IN4O. The normalized spacial score (nSPS) is 16.8. The molecule has 0 unspecified atom stereocenters. The fourth-order valence-electron chi connectivity index (χ4n) is 2.48. The zero-order valence-corrected chi connectivity index (χ0v) is 17.8. The number of hydrogen-bond acceptors (Lipinski definition) is 3. The van der Waals surface area contributed by atoms with Gasteiger partial charge >= 0.3 is 0 Å². The Bertz CT molecular complexity index is 312. The maximum atomic E-state index is 5.37. The summed E-state index contributed by atoms with van der Waals surface area (Å²) in [5.74, 6) is 0.957. The van der Waals surface area contributed by atoms with E-state index >= 15 is 0 Å². The van der Waals surface area contributed by atoms with Gasteiger partial charge in [0.05, 0.1) is 13.2 Å². The van der Waals surface area contributed by atoms with Crippen molar-refractivity contribution in [2.24, 2.45) is 10.4 Å². The van der Waals surface area contributed by atoms with Crippen LogP contribution >= 0.6 is 24.0 Å². The molecule has 1 aliphatic heterocycles. The van der Waals surface area contributed by atoms with Gasteiger partial charge in [-0.3, -0.25) is 9.89 Å². The van der Waals surface area contributed by atoms with Crippen LogP contribution in [0.4, 0.5) is 0 Å². The van der Waals surface area contributed by atoms with E-state index in [4.69, 9.17) is 4.74 Å². The van der Waals surface area contributed by atoms with Crippen molar-refractivity contribution >= 4 is 29.9 Å². The molecule has 0 aromatic rings. The standard InChI is InChI=1S/C17H36N4O.HI/c1-5-18-16(19-9-6-8-17(2,3)4)20-10-7-11-21-12-14-22-15-13-21;/h5-15H2,1-4H3,(H2,18,19,20);1H. The molecule has 1 heterocycles. The van der Waals surface area contributed by atoms with E-state index in [1.165, 1.54) is 12.8 Å². The summed E-state index contributed by atoms with van der Waals surface area (Å²) in [5, 5.41) is 6.76. The van der Waals surface area contributed by atoms with Crippen molar-refractivity contribution in [3.05, 3.63) is 0 Å². The fourth-order valence-corrected chi connectivity index (χ4v) is 2.48. The highest BCUT2D eigenvalue weighted by atomic mass is 127. The molecule has 2 N–H and O–H groups in total. The van der Waals surface area contributed by atoms with Crippen molar-refractivity contribution in [1.82, 2.24) is 15.5 Å². The predicted octanol–water partition coefficient (Wildman–Crippen LogP) is 2.71. The molecule has 0 radical (unpaired) electrons. The van der Waals surface area contributed by atoms with E-state index in [0.29, 0.717) is 5.41 Å². The highest BCUT2D eigenvalue weighted by Gasteiger charge is 2.10. The SMILES string of the molecule is CCNC(=NCCCN1CCOCC1)NCCCC(C)(C)C.I. The lowest BCUT2D eigenvalue weighted by atomic mass is 9.91. The van der Waals surface area contributed by atoms with Gasteiger partial charge < -0.3 is 15.4 Å². The molecule has 0 spiro atoms. The highest BCUT2D eigenvalue weighted by Crippen LogP contribution is 2.19. The van der Waals surface area contributed by atoms with Crippen molar-refractivity contribution in [2.45, 2.75) is 47.0 Å². The van der Waals surface area contributed by atoms with Crippen LogP contribution in [0, 0.1) is 5.41 Å². The number of halogens is 1. The number of aliphatic imine (C=N–C) groups is 1. The number of nitrogens with one attached hydrogen (secondary N) is 2. The molecule has 1 rings (SSSR count). The summed E-state index contributed by atoms with van der Waals surface area (Å²) in [6.45, 7) is 16.8. The first-order chi connectivity index (χ1) is 10.5. The molecule has 5 nitrogen and oxygen atoms in total. The van der Waals surface area contributed by atoms with Crippen LogP contribution in [-0.2, 0) is 4.74 Å². The minimum absolute atomic E-state index is 0. The molecule has 0 atom stereocenters. The Labute approximate surface area is 160 Å². The third kappa shape index (κ3) is 12.9. The van der Waals surface area contributed by atoms with E-state index in [1.807, 2.05) is 0 Å². The second kappa shape index (κ2) is 13.2. The largest absolute Gasteiger partial charge is 0.379 e. The predicted molar refractivity (Wildman–Crippen MR) is 110 cm³/mol. The average Bonchev–Trinajstić information content (AvgIpc) is 2.48. The number of guanidine groups is 1. The van der Waals surface area contributed by atoms with Gasteiger partial charge in [-0.25, -0.2) is 0 Å². The summed E-state index contributed by atoms with van der Waals surface area (Å²) in [6.07, 6.45) is 3.52. The van der Waals surface area contributed by atoms with Crippen LogP contribution in [0.2, 0.25) is 0 Å². The summed E-state index contributed by atoms with van der Waals surface area (Å²) >= 11 is 0. The summed E-state index contributed by atoms with van der Waals surface area (Å²) in [4.78, 5) is 7.13. The molecule has 0 aliphatic carbocycles. The average molecular weight is 440 g/mol. The Morgan fingerprint density at radius 1 is 1.13 bits per heavy atom. The lowest BCUT2D eigenvalue weighted by Gasteiger charge is -2.26. The molecule has 1 saturated heterocycles. The zero-order chi connectivity index (χ0) is 16.3. The molecule has 0 amide bonds. The molecule has 0 saturated carbocycles. The van der Waals surface area contributed by atoms with Gasteiger partial charge in [-0.15, -0.1) is 24.0 Å². The van der Waals surface area contributed by atoms with E-state index in [0.717, 1.165) is 64.9 Å². The quantitative estimate of drug-likeness (QED) is 0.264. The Kier molecular flexibility index (Phi) is 13.2. The third-order valence-corrected chi connectivity index (χ3v) is 3.75. The van der Waals surface area contributed by atoms with E-state index in [1.54, 1.807) is 0 Å². The van der Waals surface area contributed by atoms with Crippen LogP contribution in [0.25, 0.3) is 0 Å². The first kappa shape index (κ1) is 22.9. The molecule has 6 heteroatoms. The molecule has 0 aromatic carbocycles. The molecule has 0 bridgehead atoms. The van der Waals surface area contributed by atoms with Crippen molar-refractivity contribution < 1.29 is 4.74 Å². The van der Waals surface area contributed by atoms with Crippen LogP contribution < -0.4 is 10.6 Å². The Morgan fingerprint density at radius 3 is 2.43 bits per heavy atom. The lowest BCUT2D eigenvalue weighted by Crippen LogP contribution is -2.39. The van der Waals surface area contributed by atoms with Gasteiger partial charge in [0, 0.05) is 39.3 Å². The maximum Gasteiger partial charge on any atom is 0.191 e. The first-order valence-corrected chi connectivity index (χ1v) is 8.83. The molecule has 23 heavy (non-hydrogen) atoms. The highest BCUT2D eigenvalue weighted by molar-refractivity contribution is 14.0. The van der Waals surface area contributed by atoms with Gasteiger partial charge in [-0.05, 0) is 31.6 Å². The van der Waals surface area contributed by atoms with Crippen molar-refractivity contribution in [1.29, 1.82) is 0 Å². The van der Waals surface area contributed by atoms with Crippen molar-refractivity contribution in [2.75, 3.05) is 52.5 Å². The van der Waals surface area contributed by atoms with Gasteiger partial charge in [0.2, 0.25) is 0 Å². The molecule has 1 fully saturated rings. The van der Waals surface area contributed by atoms with Crippen LogP contribution in [0.1, 0.15) is 47.0 Å². The number of nitrogens with zero attached hydrogens (tertiary/aromatic N) is 2. The number of ether oxygens (including phenoxy) is 1. The zero-order valence-electron chi connectivity index (χ0n) is 15.5. The van der Waals surface area contributed by atoms with Gasteiger partial charge in [-0.1, -0.05) is 20.8 Å². The van der Waals surface area contributed by atoms with E-state index < -0.39 is 0 Å². The van der Waals surface area contributed by atoms with E-state index in [9.17, 15) is 0 Å². The Morgan fingerprint density at radius 2 is 1.83 bits per heavy atom. The molecule has 138 valence electrons. The van der Waals surface area contributed by atoms with E-state index in [2.05, 4.69) is 48.2 Å². The van der Waals surface area contributed by atoms with Gasteiger partial charge in [0.15, 0.2) is 5.96 Å². The fraction of sp³-hybridized carbons (Fsp3) is 0.941. The summed E-state index contributed by atoms with van der Waals surface area (Å²) in [5.41, 5.74) is 0.412.